The molecule has 0 atom stereocenters. The van der Waals surface area contributed by atoms with Gasteiger partial charge in [0.1, 0.15) is 19.0 Å². The van der Waals surface area contributed by atoms with Crippen LogP contribution in [0.2, 0.25) is 0 Å². The van der Waals surface area contributed by atoms with Crippen molar-refractivity contribution >= 4 is 37.8 Å². The Hall–Kier alpha value is -0.810. The van der Waals surface area contributed by atoms with Crippen molar-refractivity contribution in [3.8, 4) is 5.75 Å². The second kappa shape index (κ2) is 13.4. The first-order chi connectivity index (χ1) is 12.1. The van der Waals surface area contributed by atoms with Crippen LogP contribution in [0.3, 0.4) is 0 Å². The third-order valence-electron chi connectivity index (χ3n) is 3.87. The first-order valence-electron chi connectivity index (χ1n) is 8.98. The number of halogens is 2. The molecule has 0 bridgehead atoms. The molecule has 1 aromatic rings. The van der Waals surface area contributed by atoms with E-state index in [0.29, 0.717) is 6.61 Å². The summed E-state index contributed by atoms with van der Waals surface area (Å²) in [6.07, 6.45) is 11.4. The number of hydrogen-bond acceptors (Lipinski definition) is 3. The monoisotopic (exact) mass is 474 g/mol. The highest BCUT2D eigenvalue weighted by atomic mass is 79.9. The van der Waals surface area contributed by atoms with Gasteiger partial charge in [-0.2, -0.15) is 0 Å². The molecule has 0 aliphatic heterocycles. The summed E-state index contributed by atoms with van der Waals surface area (Å²) in [6, 6.07) is 4.21. The highest BCUT2D eigenvalue weighted by Gasteiger charge is 2.09. The number of benzene rings is 1. The zero-order valence-electron chi connectivity index (χ0n) is 15.0. The van der Waals surface area contributed by atoms with E-state index in [9.17, 15) is 4.79 Å². The number of unbranched alkanes of at least 4 members (excludes halogenated alkanes) is 6. The molecular weight excluding hydrogens is 448 g/mol. The molecule has 5 heteroatoms. The maximum Gasteiger partial charge on any atom is 0.330 e. The Kier molecular flexibility index (Phi) is 11.9. The normalized spacial score (nSPS) is 10.5. The Balaban J connectivity index is 2.36. The smallest absolute Gasteiger partial charge is 0.330 e. The van der Waals surface area contributed by atoms with Crippen molar-refractivity contribution in [2.75, 3.05) is 13.2 Å². The van der Waals surface area contributed by atoms with Gasteiger partial charge in [0, 0.05) is 6.08 Å². The Morgan fingerprint density at radius 1 is 1.04 bits per heavy atom. The van der Waals surface area contributed by atoms with E-state index >= 15 is 0 Å². The van der Waals surface area contributed by atoms with Gasteiger partial charge in [0.05, 0.1) is 8.95 Å². The van der Waals surface area contributed by atoms with E-state index in [1.165, 1.54) is 50.5 Å². The van der Waals surface area contributed by atoms with Gasteiger partial charge < -0.3 is 9.47 Å². The van der Waals surface area contributed by atoms with E-state index in [1.54, 1.807) is 0 Å². The van der Waals surface area contributed by atoms with Gasteiger partial charge in [-0.1, -0.05) is 52.0 Å². The summed E-state index contributed by atoms with van der Waals surface area (Å²) in [5, 5.41) is 0. The fourth-order valence-electron chi connectivity index (χ4n) is 2.53. The second-order valence-corrected chi connectivity index (χ2v) is 7.69. The number of hydrogen-bond donors (Lipinski definition) is 0. The number of carbonyl (C=O) groups excluding carboxylic acids is 1. The Bertz CT molecular complexity index is 521. The van der Waals surface area contributed by atoms with Crippen LogP contribution in [0.1, 0.15) is 57.4 Å². The van der Waals surface area contributed by atoms with Gasteiger partial charge in [0.25, 0.3) is 0 Å². The molecule has 0 heterocycles. The first kappa shape index (κ1) is 22.2. The van der Waals surface area contributed by atoms with Gasteiger partial charge in [-0.25, -0.2) is 4.79 Å². The summed E-state index contributed by atoms with van der Waals surface area (Å²) in [7, 11) is 0. The lowest BCUT2D eigenvalue weighted by Gasteiger charge is -2.12. The third-order valence-corrected chi connectivity index (χ3v) is 5.05. The topological polar surface area (TPSA) is 35.5 Å². The molecule has 1 aromatic carbocycles. The van der Waals surface area contributed by atoms with Crippen molar-refractivity contribution in [2.45, 2.75) is 58.3 Å². The fraction of sp³-hybridized carbons (Fsp3) is 0.550. The van der Waals surface area contributed by atoms with Crippen molar-refractivity contribution < 1.29 is 14.3 Å². The van der Waals surface area contributed by atoms with Crippen LogP contribution in [0.15, 0.2) is 33.7 Å². The van der Waals surface area contributed by atoms with E-state index in [0.717, 1.165) is 27.2 Å². The van der Waals surface area contributed by atoms with Crippen LogP contribution in [0.25, 0.3) is 0 Å². The number of carbonyl (C=O) groups is 1. The lowest BCUT2D eigenvalue weighted by atomic mass is 10.0. The molecule has 0 saturated heterocycles. The van der Waals surface area contributed by atoms with E-state index in [4.69, 9.17) is 9.47 Å². The average molecular weight is 476 g/mol. The summed E-state index contributed by atoms with van der Waals surface area (Å²) < 4.78 is 12.4. The number of esters is 1. The van der Waals surface area contributed by atoms with Crippen molar-refractivity contribution in [3.05, 3.63) is 39.3 Å². The largest absolute Gasteiger partial charge is 0.488 e. The zero-order chi connectivity index (χ0) is 18.5. The van der Waals surface area contributed by atoms with E-state index < -0.39 is 5.97 Å². The molecule has 3 nitrogen and oxygen atoms in total. The highest BCUT2D eigenvalue weighted by Crippen LogP contribution is 2.35. The summed E-state index contributed by atoms with van der Waals surface area (Å²) in [5.74, 6) is 0.296. The van der Waals surface area contributed by atoms with Gasteiger partial charge in [-0.05, 0) is 62.4 Å². The maximum atomic E-state index is 11.0. The molecule has 0 amide bonds. The Labute approximate surface area is 168 Å². The molecule has 0 unspecified atom stereocenters. The molecule has 0 aromatic heterocycles. The lowest BCUT2D eigenvalue weighted by Crippen LogP contribution is -2.10. The molecule has 0 aliphatic carbocycles. The quantitative estimate of drug-likeness (QED) is 0.183. The van der Waals surface area contributed by atoms with Gasteiger partial charge in [0.15, 0.2) is 0 Å². The van der Waals surface area contributed by atoms with Crippen LogP contribution in [-0.2, 0) is 16.0 Å². The van der Waals surface area contributed by atoms with Gasteiger partial charge in [0.2, 0.25) is 0 Å². The van der Waals surface area contributed by atoms with Crippen LogP contribution in [0.5, 0.6) is 5.75 Å². The molecule has 1 rings (SSSR count). The minimum absolute atomic E-state index is 0.198. The molecule has 140 valence electrons. The number of rotatable bonds is 13. The van der Waals surface area contributed by atoms with Crippen molar-refractivity contribution in [1.82, 2.24) is 0 Å². The predicted octanol–water partition coefficient (Wildman–Crippen LogP) is 6.61. The second-order valence-electron chi connectivity index (χ2n) is 5.98. The summed E-state index contributed by atoms with van der Waals surface area (Å²) >= 11 is 7.13. The molecule has 0 N–H and O–H groups in total. The molecule has 25 heavy (non-hydrogen) atoms. The summed E-state index contributed by atoms with van der Waals surface area (Å²) in [6.45, 7) is 6.10. The molecule has 0 radical (unpaired) electrons. The third kappa shape index (κ3) is 9.45. The minimum Gasteiger partial charge on any atom is -0.488 e. The molecule has 0 fully saturated rings. The van der Waals surface area contributed by atoms with Crippen LogP contribution in [0.4, 0.5) is 0 Å². The van der Waals surface area contributed by atoms with Gasteiger partial charge in [-0.15, -0.1) is 0 Å². The fourth-order valence-corrected chi connectivity index (χ4v) is 4.04. The van der Waals surface area contributed by atoms with Gasteiger partial charge in [-0.3, -0.25) is 0 Å². The summed E-state index contributed by atoms with van der Waals surface area (Å²) in [5.41, 5.74) is 1.29. The van der Waals surface area contributed by atoms with Crippen LogP contribution >= 0.6 is 31.9 Å². The van der Waals surface area contributed by atoms with E-state index in [1.807, 2.05) is 0 Å². The van der Waals surface area contributed by atoms with Crippen molar-refractivity contribution in [2.24, 2.45) is 0 Å². The zero-order valence-corrected chi connectivity index (χ0v) is 18.2. The van der Waals surface area contributed by atoms with Crippen molar-refractivity contribution in [3.63, 3.8) is 0 Å². The van der Waals surface area contributed by atoms with Gasteiger partial charge >= 0.3 is 5.97 Å². The Morgan fingerprint density at radius 3 is 2.24 bits per heavy atom. The summed E-state index contributed by atoms with van der Waals surface area (Å²) in [4.78, 5) is 11.0. The number of ether oxygens (including phenoxy) is 2. The lowest BCUT2D eigenvalue weighted by molar-refractivity contribution is -0.138. The van der Waals surface area contributed by atoms with E-state index in [-0.39, 0.29) is 6.61 Å². The molecule has 0 spiro atoms. The molecule has 0 aliphatic rings. The van der Waals surface area contributed by atoms with Crippen LogP contribution in [0, 0.1) is 0 Å². The maximum absolute atomic E-state index is 11.0. The first-order valence-corrected chi connectivity index (χ1v) is 10.6. The van der Waals surface area contributed by atoms with E-state index in [2.05, 4.69) is 57.5 Å². The molecule has 0 saturated carbocycles. The Morgan fingerprint density at radius 2 is 1.64 bits per heavy atom. The highest BCUT2D eigenvalue weighted by molar-refractivity contribution is 9.11. The minimum atomic E-state index is -0.438. The average Bonchev–Trinajstić information content (AvgIpc) is 2.59. The predicted molar refractivity (Wildman–Crippen MR) is 110 cm³/mol. The van der Waals surface area contributed by atoms with Crippen LogP contribution in [-0.4, -0.2) is 19.2 Å². The van der Waals surface area contributed by atoms with Crippen molar-refractivity contribution in [1.29, 1.82) is 0 Å². The SMILES string of the molecule is C=CC(=O)OCCOc1c(Br)cc(CCCCCCCCC)cc1Br. The number of aryl methyl sites for hydroxylation is 1. The standard InChI is InChI=1S/C20H28Br2O3/c1-3-5-6-7-8-9-10-11-16-14-17(21)20(18(22)15-16)25-13-12-24-19(23)4-2/h4,14-15H,2-3,5-13H2,1H3. The van der Waals surface area contributed by atoms with Crippen LogP contribution < -0.4 is 4.74 Å². The molecular formula is C20H28Br2O3.